The van der Waals surface area contributed by atoms with Gasteiger partial charge in [0.15, 0.2) is 0 Å². The molecule has 0 bridgehead atoms. The maximum absolute atomic E-state index is 11.5. The molecule has 0 aromatic carbocycles. The number of hydrogen-bond acceptors (Lipinski definition) is 4. The summed E-state index contributed by atoms with van der Waals surface area (Å²) in [5.74, 6) is 0.632. The lowest BCUT2D eigenvalue weighted by Crippen LogP contribution is -2.22. The molecular weight excluding hydrogens is 284 g/mol. The summed E-state index contributed by atoms with van der Waals surface area (Å²) in [4.78, 5) is 21.4. The molecule has 0 fully saturated rings. The van der Waals surface area contributed by atoms with Crippen molar-refractivity contribution in [2.75, 3.05) is 5.75 Å². The summed E-state index contributed by atoms with van der Waals surface area (Å²) in [6.07, 6.45) is 2.23. The Hall–Kier alpha value is -0.820. The second-order valence-corrected chi connectivity index (χ2v) is 4.24. The van der Waals surface area contributed by atoms with Crippen LogP contribution in [0.1, 0.15) is 6.42 Å². The molecule has 0 unspecified atom stereocenters. The van der Waals surface area contributed by atoms with Gasteiger partial charge in [0, 0.05) is 23.3 Å². The van der Waals surface area contributed by atoms with Crippen LogP contribution in [0.3, 0.4) is 0 Å². The van der Waals surface area contributed by atoms with E-state index in [1.165, 1.54) is 10.6 Å². The number of aromatic nitrogens is 1. The van der Waals surface area contributed by atoms with E-state index in [9.17, 15) is 14.9 Å². The molecule has 1 rings (SSSR count). The molecule has 5 nitrogen and oxygen atoms in total. The molecule has 0 aliphatic rings. The lowest BCUT2D eigenvalue weighted by atomic mass is 10.4. The Bertz CT molecular complexity index is 432. The van der Waals surface area contributed by atoms with Gasteiger partial charge in [-0.2, -0.15) is 12.6 Å². The van der Waals surface area contributed by atoms with Crippen LogP contribution in [0.5, 0.6) is 0 Å². The molecule has 0 radical (unpaired) electrons. The van der Waals surface area contributed by atoms with Crippen molar-refractivity contribution < 1.29 is 4.92 Å². The minimum absolute atomic E-state index is 0.413. The van der Waals surface area contributed by atoms with Gasteiger partial charge in [0.1, 0.15) is 0 Å². The first-order valence-electron chi connectivity index (χ1n) is 4.21. The van der Waals surface area contributed by atoms with Gasteiger partial charge in [-0.15, -0.1) is 0 Å². The molecule has 1 aromatic heterocycles. The van der Waals surface area contributed by atoms with E-state index in [2.05, 4.69) is 28.6 Å². The van der Waals surface area contributed by atoms with Crippen molar-refractivity contribution in [3.63, 3.8) is 0 Å². The highest BCUT2D eigenvalue weighted by molar-refractivity contribution is 9.10. The SMILES string of the molecule is O=c1c([N+](=O)[O-])cc(Br)cn1CCCS. The number of pyridine rings is 1. The van der Waals surface area contributed by atoms with Gasteiger partial charge < -0.3 is 4.57 Å². The summed E-state index contributed by atoms with van der Waals surface area (Å²) in [5, 5.41) is 10.6. The highest BCUT2D eigenvalue weighted by Crippen LogP contribution is 2.13. The normalized spacial score (nSPS) is 10.3. The van der Waals surface area contributed by atoms with Crippen molar-refractivity contribution in [1.29, 1.82) is 0 Å². The standard InChI is InChI=1S/C8H9BrN2O3S/c9-6-4-7(11(13)14)8(12)10(5-6)2-1-3-15/h4-5,15H,1-3H2. The molecular formula is C8H9BrN2O3S. The van der Waals surface area contributed by atoms with E-state index in [4.69, 9.17) is 0 Å². The van der Waals surface area contributed by atoms with E-state index in [0.29, 0.717) is 23.2 Å². The summed E-state index contributed by atoms with van der Waals surface area (Å²) in [7, 11) is 0. The van der Waals surface area contributed by atoms with Gasteiger partial charge in [0.2, 0.25) is 0 Å². The van der Waals surface area contributed by atoms with Crippen LogP contribution in [0.25, 0.3) is 0 Å². The summed E-state index contributed by atoms with van der Waals surface area (Å²) >= 11 is 7.14. The predicted molar refractivity (Wildman–Crippen MR) is 63.5 cm³/mol. The second kappa shape index (κ2) is 5.32. The Morgan fingerprint density at radius 1 is 1.60 bits per heavy atom. The molecule has 0 saturated carbocycles. The molecule has 15 heavy (non-hydrogen) atoms. The van der Waals surface area contributed by atoms with Crippen molar-refractivity contribution in [2.24, 2.45) is 0 Å². The lowest BCUT2D eigenvalue weighted by molar-refractivity contribution is -0.386. The molecule has 0 spiro atoms. The Kier molecular flexibility index (Phi) is 4.34. The summed E-state index contributed by atoms with van der Waals surface area (Å²) < 4.78 is 1.84. The zero-order valence-electron chi connectivity index (χ0n) is 7.72. The van der Waals surface area contributed by atoms with Crippen LogP contribution in [0.2, 0.25) is 0 Å². The van der Waals surface area contributed by atoms with E-state index in [-0.39, 0.29) is 0 Å². The topological polar surface area (TPSA) is 65.1 Å². The third kappa shape index (κ3) is 3.07. The van der Waals surface area contributed by atoms with Crippen LogP contribution in [0.15, 0.2) is 21.5 Å². The van der Waals surface area contributed by atoms with E-state index in [1.807, 2.05) is 0 Å². The predicted octanol–water partition coefficient (Wildman–Crippen LogP) is 1.84. The molecule has 0 N–H and O–H groups in total. The third-order valence-electron chi connectivity index (χ3n) is 1.79. The Balaban J connectivity index is 3.17. The molecule has 1 aromatic rings. The fraction of sp³-hybridized carbons (Fsp3) is 0.375. The molecule has 7 heteroatoms. The van der Waals surface area contributed by atoms with Crippen molar-refractivity contribution in [3.8, 4) is 0 Å². The highest BCUT2D eigenvalue weighted by atomic mass is 79.9. The van der Waals surface area contributed by atoms with Gasteiger partial charge in [-0.25, -0.2) is 0 Å². The number of nitrogens with zero attached hydrogens (tertiary/aromatic N) is 2. The Morgan fingerprint density at radius 2 is 2.27 bits per heavy atom. The monoisotopic (exact) mass is 292 g/mol. The zero-order chi connectivity index (χ0) is 11.4. The van der Waals surface area contributed by atoms with E-state index in [0.717, 1.165) is 0 Å². The lowest BCUT2D eigenvalue weighted by Gasteiger charge is -2.04. The van der Waals surface area contributed by atoms with Gasteiger partial charge in [0.05, 0.1) is 4.92 Å². The summed E-state index contributed by atoms with van der Waals surface area (Å²) in [5.41, 5.74) is -0.992. The molecule has 0 saturated heterocycles. The third-order valence-corrected chi connectivity index (χ3v) is 2.54. The molecule has 0 aliphatic heterocycles. The van der Waals surface area contributed by atoms with Gasteiger partial charge in [-0.05, 0) is 28.1 Å². The minimum atomic E-state index is -0.676. The maximum Gasteiger partial charge on any atom is 0.335 e. The first-order valence-corrected chi connectivity index (χ1v) is 5.64. The van der Waals surface area contributed by atoms with Crippen molar-refractivity contribution >= 4 is 34.2 Å². The Labute approximate surface area is 99.8 Å². The zero-order valence-corrected chi connectivity index (χ0v) is 10.2. The Morgan fingerprint density at radius 3 is 2.80 bits per heavy atom. The van der Waals surface area contributed by atoms with Crippen LogP contribution in [-0.4, -0.2) is 15.2 Å². The average molecular weight is 293 g/mol. The minimum Gasteiger partial charge on any atom is -0.308 e. The fourth-order valence-electron chi connectivity index (χ4n) is 1.12. The van der Waals surface area contributed by atoms with Gasteiger partial charge in [0.25, 0.3) is 0 Å². The molecule has 0 atom stereocenters. The van der Waals surface area contributed by atoms with Gasteiger partial charge in [-0.3, -0.25) is 14.9 Å². The number of thiol groups is 1. The van der Waals surface area contributed by atoms with Gasteiger partial charge in [-0.1, -0.05) is 0 Å². The van der Waals surface area contributed by atoms with E-state index < -0.39 is 16.2 Å². The van der Waals surface area contributed by atoms with E-state index >= 15 is 0 Å². The number of halogens is 1. The highest BCUT2D eigenvalue weighted by Gasteiger charge is 2.15. The second-order valence-electron chi connectivity index (χ2n) is 2.88. The van der Waals surface area contributed by atoms with Crippen LogP contribution >= 0.6 is 28.6 Å². The molecule has 0 amide bonds. The van der Waals surface area contributed by atoms with Crippen molar-refractivity contribution in [3.05, 3.63) is 37.2 Å². The number of nitro groups is 1. The number of aryl methyl sites for hydroxylation is 1. The van der Waals surface area contributed by atoms with Crippen molar-refractivity contribution in [2.45, 2.75) is 13.0 Å². The fourth-order valence-corrected chi connectivity index (χ4v) is 1.73. The van der Waals surface area contributed by atoms with Crippen LogP contribution in [-0.2, 0) is 6.54 Å². The average Bonchev–Trinajstić information content (AvgIpc) is 2.18. The maximum atomic E-state index is 11.5. The summed E-state index contributed by atoms with van der Waals surface area (Å²) in [6, 6.07) is 1.21. The first kappa shape index (κ1) is 12.3. The largest absolute Gasteiger partial charge is 0.335 e. The van der Waals surface area contributed by atoms with Crippen LogP contribution in [0, 0.1) is 10.1 Å². The van der Waals surface area contributed by atoms with Crippen molar-refractivity contribution in [1.82, 2.24) is 4.57 Å². The smallest absolute Gasteiger partial charge is 0.308 e. The number of hydrogen-bond donors (Lipinski definition) is 1. The first-order chi connectivity index (χ1) is 7.06. The molecule has 1 heterocycles. The molecule has 82 valence electrons. The number of rotatable bonds is 4. The quantitative estimate of drug-likeness (QED) is 0.523. The molecule has 0 aliphatic carbocycles. The van der Waals surface area contributed by atoms with Gasteiger partial charge >= 0.3 is 11.2 Å². The summed E-state index contributed by atoms with van der Waals surface area (Å²) in [6.45, 7) is 0.433. The van der Waals surface area contributed by atoms with Crippen LogP contribution < -0.4 is 5.56 Å². The van der Waals surface area contributed by atoms with Crippen LogP contribution in [0.4, 0.5) is 5.69 Å². The van der Waals surface area contributed by atoms with E-state index in [1.54, 1.807) is 6.20 Å².